The summed E-state index contributed by atoms with van der Waals surface area (Å²) >= 11 is 0. The maximum Gasteiger partial charge on any atom is 2.00 e. The van der Waals surface area contributed by atoms with E-state index in [2.05, 4.69) is 6.07 Å². The summed E-state index contributed by atoms with van der Waals surface area (Å²) in [5.74, 6) is 0. The zero-order chi connectivity index (χ0) is 7.07. The van der Waals surface area contributed by atoms with E-state index in [9.17, 15) is 0 Å². The molecule has 58 valence electrons. The van der Waals surface area contributed by atoms with Crippen molar-refractivity contribution in [2.75, 3.05) is 0 Å². The van der Waals surface area contributed by atoms with Crippen molar-refractivity contribution in [2.24, 2.45) is 0 Å². The first kappa shape index (κ1) is 10.2. The summed E-state index contributed by atoms with van der Waals surface area (Å²) < 4.78 is 0. The third-order valence-electron chi connectivity index (χ3n) is 1.05. The van der Waals surface area contributed by atoms with Crippen LogP contribution in [0, 0.1) is 6.07 Å². The standard InChI is InChI=1S/C5H5.C5H4.Fe/c2*1-2-4-5-3-1;/h1-5H;1-4H;/q-1;-2;+2. The van der Waals surface area contributed by atoms with Crippen molar-refractivity contribution in [3.05, 3.63) is 60.7 Å². The van der Waals surface area contributed by atoms with E-state index in [-0.39, 0.29) is 17.1 Å². The second kappa shape index (κ2) is 7.33. The van der Waals surface area contributed by atoms with Gasteiger partial charge in [-0.2, -0.15) is 18.2 Å². The van der Waals surface area contributed by atoms with Crippen LogP contribution in [0.4, 0.5) is 0 Å². The zero-order valence-corrected chi connectivity index (χ0v) is 7.15. The van der Waals surface area contributed by atoms with Crippen LogP contribution in [0.3, 0.4) is 0 Å². The molecule has 11 heavy (non-hydrogen) atoms. The Hall–Kier alpha value is -0.781. The van der Waals surface area contributed by atoms with E-state index in [4.69, 9.17) is 0 Å². The van der Waals surface area contributed by atoms with Crippen molar-refractivity contribution in [3.63, 3.8) is 0 Å². The van der Waals surface area contributed by atoms with Crippen LogP contribution in [0.5, 0.6) is 0 Å². The molecule has 0 heterocycles. The van der Waals surface area contributed by atoms with E-state index in [1.54, 1.807) is 0 Å². The van der Waals surface area contributed by atoms with Gasteiger partial charge >= 0.3 is 17.1 Å². The van der Waals surface area contributed by atoms with Gasteiger partial charge in [0.15, 0.2) is 0 Å². The first-order chi connectivity index (χ1) is 5.00. The van der Waals surface area contributed by atoms with Crippen LogP contribution in [0.2, 0.25) is 0 Å². The fraction of sp³-hybridized carbons (Fsp3) is 0. The predicted molar refractivity (Wildman–Crippen MR) is 42.9 cm³/mol. The molecule has 0 saturated heterocycles. The predicted octanol–water partition coefficient (Wildman–Crippen LogP) is 2.61. The fourth-order valence-corrected chi connectivity index (χ4v) is 0.599. The normalized spacial score (nSPS) is 7.27. The molecule has 0 unspecified atom stereocenters. The summed E-state index contributed by atoms with van der Waals surface area (Å²) in [5, 5.41) is 0. The smallest absolute Gasteiger partial charge is 0.376 e. The number of rotatable bonds is 0. The molecule has 2 aromatic rings. The molecular formula is C10H9Fe-. The van der Waals surface area contributed by atoms with E-state index < -0.39 is 0 Å². The SMILES string of the molecule is [Fe+2].[c-]1cc[cH-]c1.c1cc[cH-]c1. The van der Waals surface area contributed by atoms with Crippen molar-refractivity contribution in [1.82, 2.24) is 0 Å². The fourth-order valence-electron chi connectivity index (χ4n) is 0.599. The quantitative estimate of drug-likeness (QED) is 0.437. The second-order valence-corrected chi connectivity index (χ2v) is 1.85. The molecule has 0 aliphatic heterocycles. The minimum absolute atomic E-state index is 0. The van der Waals surface area contributed by atoms with Gasteiger partial charge in [0, 0.05) is 0 Å². The van der Waals surface area contributed by atoms with E-state index in [0.717, 1.165) is 0 Å². The van der Waals surface area contributed by atoms with E-state index in [1.165, 1.54) is 0 Å². The summed E-state index contributed by atoms with van der Waals surface area (Å²) in [4.78, 5) is 0. The van der Waals surface area contributed by atoms with Crippen LogP contribution < -0.4 is 0 Å². The molecule has 1 heteroatoms. The van der Waals surface area contributed by atoms with Gasteiger partial charge in [-0.3, -0.25) is 0 Å². The Morgan fingerprint density at radius 3 is 1.82 bits per heavy atom. The van der Waals surface area contributed by atoms with Crippen molar-refractivity contribution in [2.45, 2.75) is 0 Å². The van der Waals surface area contributed by atoms with Gasteiger partial charge in [0.25, 0.3) is 0 Å². The van der Waals surface area contributed by atoms with Gasteiger partial charge in [-0.05, 0) is 0 Å². The van der Waals surface area contributed by atoms with Crippen LogP contribution in [-0.4, -0.2) is 0 Å². The van der Waals surface area contributed by atoms with Crippen molar-refractivity contribution >= 4 is 0 Å². The van der Waals surface area contributed by atoms with Gasteiger partial charge < -0.3 is 30.3 Å². The molecule has 0 saturated carbocycles. The van der Waals surface area contributed by atoms with Gasteiger partial charge in [-0.15, -0.1) is 0 Å². The average molecular weight is 185 g/mol. The molecule has 0 N–H and O–H groups in total. The maximum absolute atomic E-state index is 2.86. The molecule has 0 radical (unpaired) electrons. The van der Waals surface area contributed by atoms with Crippen LogP contribution in [0.25, 0.3) is 0 Å². The minimum atomic E-state index is 0. The summed E-state index contributed by atoms with van der Waals surface area (Å²) in [6.07, 6.45) is 0. The van der Waals surface area contributed by atoms with Crippen molar-refractivity contribution < 1.29 is 17.1 Å². The molecule has 2 aromatic carbocycles. The third-order valence-corrected chi connectivity index (χ3v) is 1.05. The Morgan fingerprint density at radius 1 is 0.909 bits per heavy atom. The Labute approximate surface area is 78.1 Å². The van der Waals surface area contributed by atoms with Crippen LogP contribution in [0.1, 0.15) is 0 Å². The molecule has 0 aliphatic rings. The Bertz CT molecular complexity index is 144. The molecule has 0 atom stereocenters. The van der Waals surface area contributed by atoms with Gasteiger partial charge in [0.2, 0.25) is 0 Å². The maximum atomic E-state index is 2.86. The van der Waals surface area contributed by atoms with Crippen molar-refractivity contribution in [3.8, 4) is 0 Å². The molecule has 2 rings (SSSR count). The van der Waals surface area contributed by atoms with Gasteiger partial charge in [-0.25, -0.2) is 12.1 Å². The first-order valence-corrected chi connectivity index (χ1v) is 3.24. The first-order valence-electron chi connectivity index (χ1n) is 3.24. The molecule has 0 aromatic heterocycles. The van der Waals surface area contributed by atoms with E-state index in [1.807, 2.05) is 54.6 Å². The van der Waals surface area contributed by atoms with E-state index in [0.29, 0.717) is 0 Å². The summed E-state index contributed by atoms with van der Waals surface area (Å²) in [7, 11) is 0. The topological polar surface area (TPSA) is 0 Å². The van der Waals surface area contributed by atoms with Gasteiger partial charge in [0.1, 0.15) is 0 Å². The Morgan fingerprint density at radius 2 is 1.64 bits per heavy atom. The molecule has 0 aliphatic carbocycles. The zero-order valence-electron chi connectivity index (χ0n) is 6.05. The van der Waals surface area contributed by atoms with Crippen molar-refractivity contribution in [1.29, 1.82) is 0 Å². The monoisotopic (exact) mass is 185 g/mol. The molecule has 0 bridgehead atoms. The van der Waals surface area contributed by atoms with Crippen LogP contribution in [0.15, 0.2) is 54.6 Å². The summed E-state index contributed by atoms with van der Waals surface area (Å²) in [6, 6.07) is 20.5. The van der Waals surface area contributed by atoms with Gasteiger partial charge in [0.05, 0.1) is 0 Å². The Balaban J connectivity index is 0.000000167. The summed E-state index contributed by atoms with van der Waals surface area (Å²) in [5.41, 5.74) is 0. The van der Waals surface area contributed by atoms with Crippen LogP contribution >= 0.6 is 0 Å². The second-order valence-electron chi connectivity index (χ2n) is 1.85. The summed E-state index contributed by atoms with van der Waals surface area (Å²) in [6.45, 7) is 0. The van der Waals surface area contributed by atoms with Crippen LogP contribution in [-0.2, 0) is 17.1 Å². The minimum Gasteiger partial charge on any atom is -0.376 e. The number of hydrogen-bond acceptors (Lipinski definition) is 0. The largest absolute Gasteiger partial charge is 2.00 e. The number of hydrogen-bond donors (Lipinski definition) is 0. The average Bonchev–Trinajstić information content (AvgIpc) is 2.67. The van der Waals surface area contributed by atoms with Gasteiger partial charge in [-0.1, -0.05) is 0 Å². The molecule has 0 amide bonds. The molecule has 0 spiro atoms. The molecular weight excluding hydrogens is 176 g/mol. The van der Waals surface area contributed by atoms with E-state index >= 15 is 0 Å². The third kappa shape index (κ3) is 5.65. The molecule has 0 nitrogen and oxygen atoms in total. The Kier molecular flexibility index (Phi) is 6.81. The molecule has 0 fully saturated rings.